The Morgan fingerprint density at radius 3 is 2.95 bits per heavy atom. The first-order valence-corrected chi connectivity index (χ1v) is 6.95. The summed E-state index contributed by atoms with van der Waals surface area (Å²) in [5.41, 5.74) is 6.35. The van der Waals surface area contributed by atoms with Crippen LogP contribution in [0.5, 0.6) is 0 Å². The topological polar surface area (TPSA) is 46.3 Å². The van der Waals surface area contributed by atoms with Crippen molar-refractivity contribution in [3.05, 3.63) is 35.6 Å². The van der Waals surface area contributed by atoms with Crippen molar-refractivity contribution < 1.29 is 9.18 Å². The van der Waals surface area contributed by atoms with Crippen LogP contribution in [0.25, 0.3) is 0 Å². The molecular formula is C15H21FN2O. The molecular weight excluding hydrogens is 243 g/mol. The van der Waals surface area contributed by atoms with Crippen LogP contribution in [0, 0.1) is 5.82 Å². The lowest BCUT2D eigenvalue weighted by Gasteiger charge is -2.23. The van der Waals surface area contributed by atoms with Crippen LogP contribution in [-0.4, -0.2) is 29.9 Å². The molecule has 1 unspecified atom stereocenters. The first-order chi connectivity index (χ1) is 9.22. The fourth-order valence-electron chi connectivity index (χ4n) is 2.68. The highest BCUT2D eigenvalue weighted by Crippen LogP contribution is 2.18. The summed E-state index contributed by atoms with van der Waals surface area (Å²) in [5.74, 6) is -0.0276. The lowest BCUT2D eigenvalue weighted by molar-refractivity contribution is -0.131. The second kappa shape index (κ2) is 6.66. The normalized spacial score (nSPS) is 18.8. The van der Waals surface area contributed by atoms with Gasteiger partial charge in [-0.15, -0.1) is 0 Å². The maximum absolute atomic E-state index is 13.4. The summed E-state index contributed by atoms with van der Waals surface area (Å²) >= 11 is 0. The summed E-state index contributed by atoms with van der Waals surface area (Å²) in [6.07, 6.45) is 3.83. The van der Waals surface area contributed by atoms with Gasteiger partial charge in [-0.3, -0.25) is 4.79 Å². The fourth-order valence-corrected chi connectivity index (χ4v) is 2.68. The summed E-state index contributed by atoms with van der Waals surface area (Å²) in [4.78, 5) is 14.0. The van der Waals surface area contributed by atoms with E-state index < -0.39 is 0 Å². The molecule has 1 aliphatic heterocycles. The predicted octanol–water partition coefficient (Wildman–Crippen LogP) is 2.10. The van der Waals surface area contributed by atoms with Crippen LogP contribution in [0.2, 0.25) is 0 Å². The molecule has 1 amide bonds. The Labute approximate surface area is 113 Å². The number of nitrogens with two attached hydrogens (primary N) is 1. The lowest BCUT2D eigenvalue weighted by atomic mass is 10.1. The Kier molecular flexibility index (Phi) is 4.91. The van der Waals surface area contributed by atoms with E-state index in [1.54, 1.807) is 12.1 Å². The van der Waals surface area contributed by atoms with Crippen LogP contribution >= 0.6 is 0 Å². The van der Waals surface area contributed by atoms with Gasteiger partial charge >= 0.3 is 0 Å². The van der Waals surface area contributed by atoms with E-state index in [1.807, 2.05) is 11.0 Å². The molecule has 1 aliphatic rings. The number of aryl methyl sites for hydroxylation is 1. The average molecular weight is 264 g/mol. The minimum Gasteiger partial charge on any atom is -0.338 e. The number of hydrogen-bond donors (Lipinski definition) is 1. The molecule has 19 heavy (non-hydrogen) atoms. The van der Waals surface area contributed by atoms with Gasteiger partial charge in [0.2, 0.25) is 5.91 Å². The van der Waals surface area contributed by atoms with E-state index >= 15 is 0 Å². The number of halogens is 1. The number of likely N-dealkylation sites (tertiary alicyclic amines) is 1. The molecule has 0 aromatic heterocycles. The summed E-state index contributed by atoms with van der Waals surface area (Å²) < 4.78 is 13.4. The van der Waals surface area contributed by atoms with E-state index in [1.165, 1.54) is 6.07 Å². The molecule has 0 spiro atoms. The van der Waals surface area contributed by atoms with Gasteiger partial charge < -0.3 is 10.6 Å². The Balaban J connectivity index is 1.80. The SMILES string of the molecule is NCC1CCCN1C(=O)CCCc1ccccc1F. The summed E-state index contributed by atoms with van der Waals surface area (Å²) in [7, 11) is 0. The number of carbonyl (C=O) groups is 1. The molecule has 1 atom stereocenters. The lowest BCUT2D eigenvalue weighted by Crippen LogP contribution is -2.39. The quantitative estimate of drug-likeness (QED) is 0.885. The molecule has 1 saturated heterocycles. The zero-order valence-electron chi connectivity index (χ0n) is 11.1. The van der Waals surface area contributed by atoms with Gasteiger partial charge in [0.15, 0.2) is 0 Å². The van der Waals surface area contributed by atoms with Crippen molar-refractivity contribution in [3.8, 4) is 0 Å². The van der Waals surface area contributed by atoms with Gasteiger partial charge in [-0.25, -0.2) is 4.39 Å². The van der Waals surface area contributed by atoms with Gasteiger partial charge in [-0.2, -0.15) is 0 Å². The smallest absolute Gasteiger partial charge is 0.222 e. The van der Waals surface area contributed by atoms with Crippen LogP contribution in [0.1, 0.15) is 31.2 Å². The van der Waals surface area contributed by atoms with Crippen molar-refractivity contribution >= 4 is 5.91 Å². The monoisotopic (exact) mass is 264 g/mol. The van der Waals surface area contributed by atoms with E-state index in [-0.39, 0.29) is 17.8 Å². The highest BCUT2D eigenvalue weighted by molar-refractivity contribution is 5.76. The Morgan fingerprint density at radius 1 is 1.42 bits per heavy atom. The number of amides is 1. The molecule has 104 valence electrons. The minimum atomic E-state index is -0.184. The van der Waals surface area contributed by atoms with Crippen molar-refractivity contribution in [2.24, 2.45) is 5.73 Å². The number of carbonyl (C=O) groups excluding carboxylic acids is 1. The minimum absolute atomic E-state index is 0.157. The number of hydrogen-bond acceptors (Lipinski definition) is 2. The largest absolute Gasteiger partial charge is 0.338 e. The average Bonchev–Trinajstić information content (AvgIpc) is 2.89. The van der Waals surface area contributed by atoms with Gasteiger partial charge in [0.05, 0.1) is 0 Å². The molecule has 0 aliphatic carbocycles. The molecule has 0 saturated carbocycles. The van der Waals surface area contributed by atoms with Gasteiger partial charge in [0, 0.05) is 25.6 Å². The second-order valence-electron chi connectivity index (χ2n) is 5.06. The molecule has 3 nitrogen and oxygen atoms in total. The van der Waals surface area contributed by atoms with Crippen molar-refractivity contribution in [1.29, 1.82) is 0 Å². The van der Waals surface area contributed by atoms with Crippen molar-refractivity contribution in [3.63, 3.8) is 0 Å². The number of benzene rings is 1. The first kappa shape index (κ1) is 14.0. The maximum atomic E-state index is 13.4. The molecule has 0 bridgehead atoms. The first-order valence-electron chi connectivity index (χ1n) is 6.95. The highest BCUT2D eigenvalue weighted by atomic mass is 19.1. The van der Waals surface area contributed by atoms with E-state index in [2.05, 4.69) is 0 Å². The summed E-state index contributed by atoms with van der Waals surface area (Å²) in [5, 5.41) is 0. The molecule has 1 fully saturated rings. The third-order valence-electron chi connectivity index (χ3n) is 3.76. The van der Waals surface area contributed by atoms with Crippen molar-refractivity contribution in [2.75, 3.05) is 13.1 Å². The summed E-state index contributed by atoms with van der Waals surface area (Å²) in [6.45, 7) is 1.36. The van der Waals surface area contributed by atoms with Gasteiger partial charge in [-0.1, -0.05) is 18.2 Å². The van der Waals surface area contributed by atoms with E-state index in [0.29, 0.717) is 31.4 Å². The predicted molar refractivity (Wildman–Crippen MR) is 73.1 cm³/mol. The third-order valence-corrected chi connectivity index (χ3v) is 3.76. The van der Waals surface area contributed by atoms with Gasteiger partial charge in [0.25, 0.3) is 0 Å². The standard InChI is InChI=1S/C15H21FN2O/c16-14-8-2-1-5-12(14)6-3-9-15(19)18-10-4-7-13(18)11-17/h1-2,5,8,13H,3-4,6-7,9-11,17H2. The number of nitrogens with zero attached hydrogens (tertiary/aromatic N) is 1. The van der Waals surface area contributed by atoms with Crippen LogP contribution in [0.3, 0.4) is 0 Å². The molecule has 1 aromatic carbocycles. The molecule has 4 heteroatoms. The zero-order valence-corrected chi connectivity index (χ0v) is 11.1. The van der Waals surface area contributed by atoms with Crippen LogP contribution < -0.4 is 5.73 Å². The van der Waals surface area contributed by atoms with Crippen molar-refractivity contribution in [2.45, 2.75) is 38.1 Å². The fraction of sp³-hybridized carbons (Fsp3) is 0.533. The molecule has 1 aromatic rings. The summed E-state index contributed by atoms with van der Waals surface area (Å²) in [6, 6.07) is 6.95. The Morgan fingerprint density at radius 2 is 2.21 bits per heavy atom. The van der Waals surface area contributed by atoms with E-state index in [0.717, 1.165) is 19.4 Å². The molecule has 2 N–H and O–H groups in total. The van der Waals surface area contributed by atoms with Crippen LogP contribution in [-0.2, 0) is 11.2 Å². The van der Waals surface area contributed by atoms with Gasteiger partial charge in [-0.05, 0) is 37.3 Å². The second-order valence-corrected chi connectivity index (χ2v) is 5.06. The molecule has 0 radical (unpaired) electrons. The van der Waals surface area contributed by atoms with Crippen LogP contribution in [0.15, 0.2) is 24.3 Å². The van der Waals surface area contributed by atoms with Crippen LogP contribution in [0.4, 0.5) is 4.39 Å². The molecule has 1 heterocycles. The Hall–Kier alpha value is -1.42. The van der Waals surface area contributed by atoms with E-state index in [9.17, 15) is 9.18 Å². The van der Waals surface area contributed by atoms with Crippen molar-refractivity contribution in [1.82, 2.24) is 4.90 Å². The third kappa shape index (κ3) is 3.53. The molecule has 2 rings (SSSR count). The van der Waals surface area contributed by atoms with Gasteiger partial charge in [0.1, 0.15) is 5.82 Å². The number of rotatable bonds is 5. The highest BCUT2D eigenvalue weighted by Gasteiger charge is 2.26. The zero-order chi connectivity index (χ0) is 13.7. The Bertz CT molecular complexity index is 436. The maximum Gasteiger partial charge on any atom is 0.222 e. The van der Waals surface area contributed by atoms with E-state index in [4.69, 9.17) is 5.73 Å².